The summed E-state index contributed by atoms with van der Waals surface area (Å²) in [5.41, 5.74) is 0.193. The van der Waals surface area contributed by atoms with Crippen molar-refractivity contribution in [1.29, 1.82) is 0 Å². The minimum Gasteiger partial charge on any atom is -0.373 e. The van der Waals surface area contributed by atoms with Gasteiger partial charge in [0.15, 0.2) is 17.5 Å². The van der Waals surface area contributed by atoms with Crippen molar-refractivity contribution in [2.45, 2.75) is 44.1 Å². The first-order chi connectivity index (χ1) is 10.4. The number of carbonyl (C=O) groups is 1. The summed E-state index contributed by atoms with van der Waals surface area (Å²) in [7, 11) is 1.52. The van der Waals surface area contributed by atoms with Gasteiger partial charge in [-0.15, -0.1) is 0 Å². The van der Waals surface area contributed by atoms with Crippen LogP contribution < -0.4 is 5.32 Å². The van der Waals surface area contributed by atoms with Crippen molar-refractivity contribution in [2.24, 2.45) is 0 Å². The Bertz CT molecular complexity index is 573. The molecule has 120 valence electrons. The van der Waals surface area contributed by atoms with Crippen LogP contribution in [-0.2, 0) is 11.3 Å². The molecule has 3 atom stereocenters. The van der Waals surface area contributed by atoms with Gasteiger partial charge in [0.1, 0.15) is 0 Å². The standard InChI is InChI=1S/C15H17F3N2O2/c1-20(7-8-4-10(16)14(18)11(17)5-8)15(21)19-12-6-9-2-3-13(12)22-9/h4-5,9,12-13H,2-3,6-7H2,1H3,(H,19,21)/t9-,12-,13-/m1/s1. The molecule has 0 radical (unpaired) electrons. The highest BCUT2D eigenvalue weighted by molar-refractivity contribution is 5.74. The van der Waals surface area contributed by atoms with Crippen molar-refractivity contribution in [1.82, 2.24) is 10.2 Å². The van der Waals surface area contributed by atoms with Gasteiger partial charge in [0.25, 0.3) is 0 Å². The van der Waals surface area contributed by atoms with E-state index in [1.807, 2.05) is 0 Å². The Balaban J connectivity index is 1.59. The van der Waals surface area contributed by atoms with Crippen molar-refractivity contribution < 1.29 is 22.7 Å². The fourth-order valence-corrected chi connectivity index (χ4v) is 3.10. The Morgan fingerprint density at radius 2 is 2.00 bits per heavy atom. The molecule has 0 aromatic heterocycles. The van der Waals surface area contributed by atoms with E-state index in [4.69, 9.17) is 4.74 Å². The van der Waals surface area contributed by atoms with Crippen molar-refractivity contribution >= 4 is 6.03 Å². The summed E-state index contributed by atoms with van der Waals surface area (Å²) < 4.78 is 44.9. The van der Waals surface area contributed by atoms with E-state index >= 15 is 0 Å². The average molecular weight is 314 g/mol. The van der Waals surface area contributed by atoms with Crippen molar-refractivity contribution in [3.63, 3.8) is 0 Å². The molecule has 0 unspecified atom stereocenters. The number of nitrogens with one attached hydrogen (secondary N) is 1. The highest BCUT2D eigenvalue weighted by atomic mass is 19.2. The van der Waals surface area contributed by atoms with Crippen molar-refractivity contribution in [3.8, 4) is 0 Å². The lowest BCUT2D eigenvalue weighted by Crippen LogP contribution is -2.46. The van der Waals surface area contributed by atoms with Gasteiger partial charge < -0.3 is 15.0 Å². The lowest BCUT2D eigenvalue weighted by Gasteiger charge is -2.24. The predicted octanol–water partition coefficient (Wildman–Crippen LogP) is 2.57. The number of hydrogen-bond acceptors (Lipinski definition) is 2. The number of halogens is 3. The van der Waals surface area contributed by atoms with Crippen LogP contribution in [0.25, 0.3) is 0 Å². The summed E-state index contributed by atoms with van der Waals surface area (Å²) in [6.07, 6.45) is 3.04. The second-order valence-corrected chi connectivity index (χ2v) is 5.90. The Labute approximate surface area is 126 Å². The Hall–Kier alpha value is -1.76. The zero-order valence-electron chi connectivity index (χ0n) is 12.1. The largest absolute Gasteiger partial charge is 0.373 e. The van der Waals surface area contributed by atoms with E-state index < -0.39 is 17.5 Å². The quantitative estimate of drug-likeness (QED) is 0.871. The molecular formula is C15H17F3N2O2. The summed E-state index contributed by atoms with van der Waals surface area (Å²) >= 11 is 0. The lowest BCUT2D eigenvalue weighted by atomic mass is 9.96. The Morgan fingerprint density at radius 3 is 2.55 bits per heavy atom. The predicted molar refractivity (Wildman–Crippen MR) is 72.6 cm³/mol. The second-order valence-electron chi connectivity index (χ2n) is 5.90. The molecule has 2 amide bonds. The number of rotatable bonds is 3. The molecule has 0 spiro atoms. The molecule has 2 fully saturated rings. The number of nitrogens with zero attached hydrogens (tertiary/aromatic N) is 1. The Morgan fingerprint density at radius 1 is 1.32 bits per heavy atom. The summed E-state index contributed by atoms with van der Waals surface area (Å²) in [5.74, 6) is -4.02. The zero-order chi connectivity index (χ0) is 15.9. The van der Waals surface area contributed by atoms with Crippen LogP contribution >= 0.6 is 0 Å². The molecule has 0 saturated carbocycles. The number of fused-ring (bicyclic) bond motifs is 2. The van der Waals surface area contributed by atoms with Gasteiger partial charge >= 0.3 is 6.03 Å². The molecule has 2 bridgehead atoms. The van der Waals surface area contributed by atoms with E-state index in [0.717, 1.165) is 31.4 Å². The average Bonchev–Trinajstić information content (AvgIpc) is 3.07. The summed E-state index contributed by atoms with van der Waals surface area (Å²) in [4.78, 5) is 13.4. The topological polar surface area (TPSA) is 41.6 Å². The third-order valence-electron chi connectivity index (χ3n) is 4.22. The molecule has 1 aromatic carbocycles. The maximum absolute atomic E-state index is 13.2. The SMILES string of the molecule is CN(Cc1cc(F)c(F)c(F)c1)C(=O)N[C@@H]1C[C@H]2CC[C@H]1O2. The molecule has 3 rings (SSSR count). The zero-order valence-corrected chi connectivity index (χ0v) is 12.1. The van der Waals surface area contributed by atoms with Gasteiger partial charge in [-0.05, 0) is 37.0 Å². The van der Waals surface area contributed by atoms with Crippen LogP contribution in [0.5, 0.6) is 0 Å². The van der Waals surface area contributed by atoms with Gasteiger partial charge in [-0.1, -0.05) is 0 Å². The van der Waals surface area contributed by atoms with E-state index in [0.29, 0.717) is 0 Å². The van der Waals surface area contributed by atoms with Crippen LogP contribution in [0.1, 0.15) is 24.8 Å². The maximum atomic E-state index is 13.2. The fourth-order valence-electron chi connectivity index (χ4n) is 3.10. The van der Waals surface area contributed by atoms with Crippen LogP contribution in [0.2, 0.25) is 0 Å². The van der Waals surface area contributed by atoms with Crippen molar-refractivity contribution in [3.05, 3.63) is 35.1 Å². The number of urea groups is 1. The third kappa shape index (κ3) is 2.90. The van der Waals surface area contributed by atoms with Gasteiger partial charge in [-0.2, -0.15) is 0 Å². The van der Waals surface area contributed by atoms with E-state index in [1.54, 1.807) is 0 Å². The molecule has 4 nitrogen and oxygen atoms in total. The molecule has 1 aromatic rings. The molecular weight excluding hydrogens is 297 g/mol. The molecule has 2 heterocycles. The molecule has 2 aliphatic heterocycles. The van der Waals surface area contributed by atoms with E-state index in [1.165, 1.54) is 11.9 Å². The normalized spacial score (nSPS) is 26.3. The molecule has 7 heteroatoms. The van der Waals surface area contributed by atoms with Gasteiger partial charge in [-0.25, -0.2) is 18.0 Å². The van der Waals surface area contributed by atoms with E-state index in [2.05, 4.69) is 5.32 Å². The van der Waals surface area contributed by atoms with Crippen LogP contribution in [0.15, 0.2) is 12.1 Å². The van der Waals surface area contributed by atoms with Crippen LogP contribution in [0.4, 0.5) is 18.0 Å². The molecule has 0 aliphatic carbocycles. The summed E-state index contributed by atoms with van der Waals surface area (Å²) in [6.45, 7) is -0.0123. The number of hydrogen-bond donors (Lipinski definition) is 1. The first-order valence-corrected chi connectivity index (χ1v) is 7.24. The smallest absolute Gasteiger partial charge is 0.317 e. The first-order valence-electron chi connectivity index (χ1n) is 7.24. The molecule has 22 heavy (non-hydrogen) atoms. The van der Waals surface area contributed by atoms with E-state index in [-0.39, 0.29) is 36.4 Å². The summed E-state index contributed by atoms with van der Waals surface area (Å²) in [5, 5.41) is 2.87. The number of ether oxygens (including phenoxy) is 1. The van der Waals surface area contributed by atoms with Gasteiger partial charge in [0.2, 0.25) is 0 Å². The Kier molecular flexibility index (Phi) is 3.99. The minimum absolute atomic E-state index is 0.0123. The minimum atomic E-state index is -1.50. The number of carbonyl (C=O) groups excluding carboxylic acids is 1. The second kappa shape index (κ2) is 5.79. The maximum Gasteiger partial charge on any atom is 0.317 e. The number of benzene rings is 1. The number of amides is 2. The third-order valence-corrected chi connectivity index (χ3v) is 4.22. The monoisotopic (exact) mass is 314 g/mol. The molecule has 1 N–H and O–H groups in total. The lowest BCUT2D eigenvalue weighted by molar-refractivity contribution is 0.0972. The van der Waals surface area contributed by atoms with Gasteiger partial charge in [0, 0.05) is 13.6 Å². The van der Waals surface area contributed by atoms with Crippen LogP contribution in [0.3, 0.4) is 0 Å². The van der Waals surface area contributed by atoms with E-state index in [9.17, 15) is 18.0 Å². The van der Waals surface area contributed by atoms with Gasteiger partial charge in [-0.3, -0.25) is 0 Å². The highest BCUT2D eigenvalue weighted by Gasteiger charge is 2.41. The van der Waals surface area contributed by atoms with Crippen LogP contribution in [-0.4, -0.2) is 36.2 Å². The summed E-state index contributed by atoms with van der Waals surface area (Å²) in [6, 6.07) is 1.42. The highest BCUT2D eigenvalue weighted by Crippen LogP contribution is 2.34. The van der Waals surface area contributed by atoms with Gasteiger partial charge in [0.05, 0.1) is 18.2 Å². The fraction of sp³-hybridized carbons (Fsp3) is 0.533. The van der Waals surface area contributed by atoms with Crippen molar-refractivity contribution in [2.75, 3.05) is 7.05 Å². The first kappa shape index (κ1) is 15.1. The van der Waals surface area contributed by atoms with Crippen LogP contribution in [0, 0.1) is 17.5 Å². The molecule has 2 saturated heterocycles. The molecule has 2 aliphatic rings.